The minimum absolute atomic E-state index is 0.00111. The monoisotopic (exact) mass is 299 g/mol. The lowest BCUT2D eigenvalue weighted by atomic mass is 10.3. The van der Waals surface area contributed by atoms with Crippen LogP contribution in [0.1, 0.15) is 36.9 Å². The first-order valence-corrected chi connectivity index (χ1v) is 8.61. The summed E-state index contributed by atoms with van der Waals surface area (Å²) in [6.07, 6.45) is 4.46. The molecule has 2 aliphatic rings. The van der Waals surface area contributed by atoms with Crippen LogP contribution in [0.15, 0.2) is 5.03 Å². The van der Waals surface area contributed by atoms with Crippen LogP contribution in [0.3, 0.4) is 0 Å². The molecule has 3 rings (SSSR count). The van der Waals surface area contributed by atoms with Crippen LogP contribution in [-0.4, -0.2) is 41.1 Å². The van der Waals surface area contributed by atoms with Crippen molar-refractivity contribution in [3.05, 3.63) is 11.3 Å². The molecule has 7 heteroatoms. The van der Waals surface area contributed by atoms with Crippen molar-refractivity contribution in [2.75, 3.05) is 13.1 Å². The summed E-state index contributed by atoms with van der Waals surface area (Å²) in [5.41, 5.74) is 1.01. The van der Waals surface area contributed by atoms with Crippen molar-refractivity contribution < 1.29 is 13.5 Å². The Bertz CT molecular complexity index is 574. The number of nitrogens with one attached hydrogen (secondary N) is 1. The molecule has 2 saturated carbocycles. The molecular weight excluding hydrogens is 278 g/mol. The molecule has 20 heavy (non-hydrogen) atoms. The summed E-state index contributed by atoms with van der Waals surface area (Å²) < 4.78 is 27.1. The predicted octanol–water partition coefficient (Wildman–Crippen LogP) is 1.02. The second-order valence-corrected chi connectivity index (χ2v) is 7.85. The van der Waals surface area contributed by atoms with E-state index in [-0.39, 0.29) is 11.6 Å². The van der Waals surface area contributed by atoms with E-state index < -0.39 is 10.0 Å². The third-order valence-electron chi connectivity index (χ3n) is 4.10. The van der Waals surface area contributed by atoms with Gasteiger partial charge in [-0.25, -0.2) is 8.42 Å². The van der Waals surface area contributed by atoms with E-state index in [0.717, 1.165) is 25.7 Å². The highest BCUT2D eigenvalue weighted by molar-refractivity contribution is 7.89. The van der Waals surface area contributed by atoms with Gasteiger partial charge in [0.25, 0.3) is 10.0 Å². The van der Waals surface area contributed by atoms with Gasteiger partial charge in [-0.05, 0) is 44.4 Å². The molecule has 1 heterocycles. The summed E-state index contributed by atoms with van der Waals surface area (Å²) in [6.45, 7) is 2.60. The Morgan fingerprint density at radius 3 is 2.25 bits per heavy atom. The van der Waals surface area contributed by atoms with Crippen molar-refractivity contribution in [2.45, 2.75) is 44.2 Å². The van der Waals surface area contributed by atoms with Crippen molar-refractivity contribution in [2.24, 2.45) is 11.8 Å². The fraction of sp³-hybridized carbons (Fsp3) is 0.769. The summed E-state index contributed by atoms with van der Waals surface area (Å²) in [5.74, 6) is 1.00. The minimum atomic E-state index is -3.60. The quantitative estimate of drug-likeness (QED) is 0.787. The van der Waals surface area contributed by atoms with Crippen molar-refractivity contribution in [1.82, 2.24) is 14.5 Å². The number of sulfonamides is 1. The highest BCUT2D eigenvalue weighted by atomic mass is 32.2. The number of aliphatic hydroxyl groups is 1. The van der Waals surface area contributed by atoms with Crippen LogP contribution in [0.2, 0.25) is 0 Å². The Morgan fingerprint density at radius 2 is 1.80 bits per heavy atom. The van der Waals surface area contributed by atoms with Gasteiger partial charge in [0, 0.05) is 24.3 Å². The van der Waals surface area contributed by atoms with Crippen LogP contribution >= 0.6 is 0 Å². The highest BCUT2D eigenvalue weighted by Gasteiger charge is 2.37. The first-order valence-electron chi connectivity index (χ1n) is 7.17. The number of aromatic nitrogens is 2. The van der Waals surface area contributed by atoms with Gasteiger partial charge < -0.3 is 5.11 Å². The van der Waals surface area contributed by atoms with E-state index in [9.17, 15) is 13.5 Å². The smallest absolute Gasteiger partial charge is 0.262 e. The highest BCUT2D eigenvalue weighted by Crippen LogP contribution is 2.36. The van der Waals surface area contributed by atoms with Gasteiger partial charge >= 0.3 is 0 Å². The number of nitrogens with zero attached hydrogens (tertiary/aromatic N) is 2. The number of hydrogen-bond donors (Lipinski definition) is 2. The molecule has 0 amide bonds. The van der Waals surface area contributed by atoms with Crippen molar-refractivity contribution >= 4 is 10.0 Å². The first-order chi connectivity index (χ1) is 9.52. The zero-order valence-corrected chi connectivity index (χ0v) is 12.5. The van der Waals surface area contributed by atoms with E-state index in [1.807, 2.05) is 0 Å². The molecule has 0 aliphatic heterocycles. The van der Waals surface area contributed by atoms with Crippen molar-refractivity contribution in [3.8, 4) is 0 Å². The van der Waals surface area contributed by atoms with Crippen LogP contribution < -0.4 is 0 Å². The topological polar surface area (TPSA) is 86.3 Å². The number of H-pyrrole nitrogens is 1. The lowest BCUT2D eigenvalue weighted by Gasteiger charge is -2.21. The van der Waals surface area contributed by atoms with Crippen LogP contribution in [0.25, 0.3) is 0 Å². The number of hydrogen-bond acceptors (Lipinski definition) is 4. The summed E-state index contributed by atoms with van der Waals surface area (Å²) >= 11 is 0. The van der Waals surface area contributed by atoms with Gasteiger partial charge in [-0.3, -0.25) is 5.10 Å². The van der Waals surface area contributed by atoms with Gasteiger partial charge in [-0.15, -0.1) is 0 Å². The molecule has 1 aromatic rings. The molecule has 1 aromatic heterocycles. The molecule has 0 aromatic carbocycles. The molecule has 0 unspecified atom stereocenters. The zero-order valence-electron chi connectivity index (χ0n) is 11.7. The first kappa shape index (κ1) is 14.0. The SMILES string of the molecule is Cc1[nH]nc(S(=O)(=O)N(CC2CC2)CC2CC2)c1CO. The predicted molar refractivity (Wildman–Crippen MR) is 73.5 cm³/mol. The molecule has 2 fully saturated rings. The van der Waals surface area contributed by atoms with Gasteiger partial charge in [0.2, 0.25) is 0 Å². The summed E-state index contributed by atoms with van der Waals surface area (Å²) in [7, 11) is -3.60. The lowest BCUT2D eigenvalue weighted by Crippen LogP contribution is -2.35. The normalized spacial score (nSPS) is 19.8. The Balaban J connectivity index is 1.89. The second kappa shape index (κ2) is 5.13. The Hall–Kier alpha value is -0.920. The lowest BCUT2D eigenvalue weighted by molar-refractivity contribution is 0.277. The van der Waals surface area contributed by atoms with E-state index in [1.54, 1.807) is 11.2 Å². The molecular formula is C13H21N3O3S. The number of aliphatic hydroxyl groups excluding tert-OH is 1. The molecule has 0 atom stereocenters. The molecule has 6 nitrogen and oxygen atoms in total. The van der Waals surface area contributed by atoms with Crippen LogP contribution in [0.5, 0.6) is 0 Å². The number of aryl methyl sites for hydroxylation is 1. The molecule has 112 valence electrons. The molecule has 2 N–H and O–H groups in total. The fourth-order valence-electron chi connectivity index (χ4n) is 2.40. The number of rotatable bonds is 7. The summed E-state index contributed by atoms with van der Waals surface area (Å²) in [4.78, 5) is 0. The van der Waals surface area contributed by atoms with E-state index >= 15 is 0 Å². The molecule has 0 radical (unpaired) electrons. The standard InChI is InChI=1S/C13H21N3O3S/c1-9-12(8-17)13(15-14-9)20(18,19)16(6-10-2-3-10)7-11-4-5-11/h10-11,17H,2-8H2,1H3,(H,14,15). The van der Waals surface area contributed by atoms with E-state index in [0.29, 0.717) is 36.2 Å². The minimum Gasteiger partial charge on any atom is -0.392 e. The molecule has 0 bridgehead atoms. The Kier molecular flexibility index (Phi) is 3.60. The maximum absolute atomic E-state index is 12.8. The second-order valence-electron chi connectivity index (χ2n) is 6.00. The Morgan fingerprint density at radius 1 is 1.25 bits per heavy atom. The van der Waals surface area contributed by atoms with Gasteiger partial charge in [-0.1, -0.05) is 0 Å². The van der Waals surface area contributed by atoms with Crippen molar-refractivity contribution in [1.29, 1.82) is 0 Å². The van der Waals surface area contributed by atoms with Crippen molar-refractivity contribution in [3.63, 3.8) is 0 Å². The third-order valence-corrected chi connectivity index (χ3v) is 5.90. The fourth-order valence-corrected chi connectivity index (χ4v) is 4.15. The molecule has 0 saturated heterocycles. The van der Waals surface area contributed by atoms with Crippen LogP contribution in [0, 0.1) is 18.8 Å². The van der Waals surface area contributed by atoms with Gasteiger partial charge in [0.05, 0.1) is 6.61 Å². The van der Waals surface area contributed by atoms with E-state index in [2.05, 4.69) is 10.2 Å². The zero-order chi connectivity index (χ0) is 14.3. The van der Waals surface area contributed by atoms with Crippen LogP contribution in [0.4, 0.5) is 0 Å². The average molecular weight is 299 g/mol. The molecule has 2 aliphatic carbocycles. The average Bonchev–Trinajstić information content (AvgIpc) is 3.30. The third kappa shape index (κ3) is 2.75. The van der Waals surface area contributed by atoms with Gasteiger partial charge in [0.15, 0.2) is 5.03 Å². The van der Waals surface area contributed by atoms with Gasteiger partial charge in [0.1, 0.15) is 0 Å². The summed E-state index contributed by atoms with van der Waals surface area (Å²) in [5, 5.41) is 16.0. The molecule has 0 spiro atoms. The maximum Gasteiger partial charge on any atom is 0.262 e. The summed E-state index contributed by atoms with van der Waals surface area (Å²) in [6, 6.07) is 0. The van der Waals surface area contributed by atoms with Crippen LogP contribution in [-0.2, 0) is 16.6 Å². The number of aromatic amines is 1. The largest absolute Gasteiger partial charge is 0.392 e. The van der Waals surface area contributed by atoms with E-state index in [4.69, 9.17) is 0 Å². The van der Waals surface area contributed by atoms with E-state index in [1.165, 1.54) is 0 Å². The Labute approximate surface area is 119 Å². The maximum atomic E-state index is 12.8. The van der Waals surface area contributed by atoms with Gasteiger partial charge in [-0.2, -0.15) is 9.40 Å².